The summed E-state index contributed by atoms with van der Waals surface area (Å²) in [5.41, 5.74) is 2.17. The molecule has 0 spiro atoms. The maximum absolute atomic E-state index is 9.21. The first-order valence-electron chi connectivity index (χ1n) is 6.01. The Kier molecular flexibility index (Phi) is 2.79. The van der Waals surface area contributed by atoms with Gasteiger partial charge in [-0.3, -0.25) is 0 Å². The van der Waals surface area contributed by atoms with Crippen molar-refractivity contribution in [3.8, 4) is 6.07 Å². The van der Waals surface area contributed by atoms with Crippen LogP contribution < -0.4 is 10.2 Å². The van der Waals surface area contributed by atoms with E-state index in [4.69, 9.17) is 0 Å². The summed E-state index contributed by atoms with van der Waals surface area (Å²) >= 11 is 0. The molecule has 2 aromatic rings. The van der Waals surface area contributed by atoms with Crippen LogP contribution in [-0.4, -0.2) is 36.4 Å². The highest BCUT2D eigenvalue weighted by molar-refractivity contribution is 5.93. The quantitative estimate of drug-likeness (QED) is 0.801. The third-order valence-corrected chi connectivity index (χ3v) is 3.18. The minimum atomic E-state index is 0.413. The van der Waals surface area contributed by atoms with Gasteiger partial charge in [0, 0.05) is 31.6 Å². The van der Waals surface area contributed by atoms with Crippen LogP contribution in [0.3, 0.4) is 0 Å². The van der Waals surface area contributed by atoms with E-state index in [0.29, 0.717) is 5.69 Å². The average Bonchev–Trinajstić information content (AvgIpc) is 2.47. The maximum atomic E-state index is 9.21. The highest BCUT2D eigenvalue weighted by atomic mass is 15.2. The fraction of sp³-hybridized carbons (Fsp3) is 0.308. The van der Waals surface area contributed by atoms with E-state index in [9.17, 15) is 5.26 Å². The minimum absolute atomic E-state index is 0.413. The second-order valence-electron chi connectivity index (χ2n) is 4.26. The molecule has 0 amide bonds. The monoisotopic (exact) mass is 239 g/mol. The number of piperazine rings is 1. The molecule has 1 aliphatic heterocycles. The number of rotatable bonds is 1. The van der Waals surface area contributed by atoms with Gasteiger partial charge in [-0.25, -0.2) is 0 Å². The zero-order chi connectivity index (χ0) is 12.4. The highest BCUT2D eigenvalue weighted by Crippen LogP contribution is 2.27. The van der Waals surface area contributed by atoms with Gasteiger partial charge in [0.2, 0.25) is 0 Å². The molecule has 2 heterocycles. The molecule has 1 aromatic carbocycles. The molecule has 18 heavy (non-hydrogen) atoms. The predicted octanol–water partition coefficient (Wildman–Crippen LogP) is 0.911. The van der Waals surface area contributed by atoms with E-state index in [-0.39, 0.29) is 0 Å². The number of anilines is 1. The number of hydrogen-bond acceptors (Lipinski definition) is 5. The van der Waals surface area contributed by atoms with Crippen LogP contribution in [0.25, 0.3) is 10.9 Å². The van der Waals surface area contributed by atoms with Crippen molar-refractivity contribution in [3.05, 3.63) is 30.0 Å². The average molecular weight is 239 g/mol. The van der Waals surface area contributed by atoms with Gasteiger partial charge in [-0.2, -0.15) is 5.26 Å². The van der Waals surface area contributed by atoms with Crippen LogP contribution >= 0.6 is 0 Å². The fourth-order valence-electron chi connectivity index (χ4n) is 2.32. The third kappa shape index (κ3) is 1.77. The summed E-state index contributed by atoms with van der Waals surface area (Å²) in [5.74, 6) is 0. The number of nitrogens with zero attached hydrogens (tertiary/aromatic N) is 4. The van der Waals surface area contributed by atoms with E-state index in [1.54, 1.807) is 0 Å². The first kappa shape index (κ1) is 10.9. The van der Waals surface area contributed by atoms with Crippen LogP contribution in [0.4, 0.5) is 5.69 Å². The number of nitriles is 1. The first-order valence-corrected chi connectivity index (χ1v) is 6.01. The lowest BCUT2D eigenvalue weighted by Crippen LogP contribution is -2.44. The predicted molar refractivity (Wildman–Crippen MR) is 69.3 cm³/mol. The topological polar surface area (TPSA) is 64.8 Å². The largest absolute Gasteiger partial charge is 0.366 e. The van der Waals surface area contributed by atoms with E-state index in [1.165, 1.54) is 0 Å². The molecular weight excluding hydrogens is 226 g/mol. The van der Waals surface area contributed by atoms with Gasteiger partial charge < -0.3 is 10.2 Å². The summed E-state index contributed by atoms with van der Waals surface area (Å²) in [6, 6.07) is 9.98. The standard InChI is InChI=1S/C13H13N5/c14-9-12-13(18-7-5-15-6-8-18)10-3-1-2-4-11(10)16-17-12/h1-4,15H,5-8H2. The smallest absolute Gasteiger partial charge is 0.187 e. The molecule has 1 aromatic heterocycles. The second-order valence-corrected chi connectivity index (χ2v) is 4.26. The summed E-state index contributed by atoms with van der Waals surface area (Å²) in [7, 11) is 0. The molecule has 90 valence electrons. The van der Waals surface area contributed by atoms with Gasteiger partial charge in [0.25, 0.3) is 0 Å². The zero-order valence-electron chi connectivity index (χ0n) is 9.93. The van der Waals surface area contributed by atoms with E-state index >= 15 is 0 Å². The summed E-state index contributed by atoms with van der Waals surface area (Å²) in [5, 5.41) is 21.6. The Bertz CT molecular complexity index is 610. The lowest BCUT2D eigenvalue weighted by atomic mass is 10.1. The molecule has 0 bridgehead atoms. The molecule has 0 atom stereocenters. The number of benzene rings is 1. The zero-order valence-corrected chi connectivity index (χ0v) is 9.93. The van der Waals surface area contributed by atoms with Gasteiger partial charge in [0.1, 0.15) is 6.07 Å². The van der Waals surface area contributed by atoms with Gasteiger partial charge >= 0.3 is 0 Å². The van der Waals surface area contributed by atoms with Crippen LogP contribution in [0.1, 0.15) is 5.69 Å². The van der Waals surface area contributed by atoms with E-state index < -0.39 is 0 Å². The summed E-state index contributed by atoms with van der Waals surface area (Å²) in [6.45, 7) is 3.65. The highest BCUT2D eigenvalue weighted by Gasteiger charge is 2.18. The van der Waals surface area contributed by atoms with Crippen molar-refractivity contribution in [3.63, 3.8) is 0 Å². The molecule has 0 unspecified atom stereocenters. The van der Waals surface area contributed by atoms with E-state index in [1.807, 2.05) is 24.3 Å². The Morgan fingerprint density at radius 2 is 1.94 bits per heavy atom. The molecule has 0 radical (unpaired) electrons. The van der Waals surface area contributed by atoms with Gasteiger partial charge in [0.15, 0.2) is 5.69 Å². The van der Waals surface area contributed by atoms with Crippen molar-refractivity contribution in [2.24, 2.45) is 0 Å². The number of hydrogen-bond donors (Lipinski definition) is 1. The van der Waals surface area contributed by atoms with Crippen molar-refractivity contribution < 1.29 is 0 Å². The molecule has 1 fully saturated rings. The molecule has 0 aliphatic carbocycles. The first-order chi connectivity index (χ1) is 8.90. The van der Waals surface area contributed by atoms with Crippen LogP contribution in [0.15, 0.2) is 24.3 Å². The summed E-state index contributed by atoms with van der Waals surface area (Å²) < 4.78 is 0. The Morgan fingerprint density at radius 3 is 2.72 bits per heavy atom. The number of fused-ring (bicyclic) bond motifs is 1. The molecule has 1 N–H and O–H groups in total. The van der Waals surface area contributed by atoms with Crippen LogP contribution in [-0.2, 0) is 0 Å². The van der Waals surface area contributed by atoms with Crippen molar-refractivity contribution in [1.82, 2.24) is 15.5 Å². The van der Waals surface area contributed by atoms with E-state index in [2.05, 4.69) is 26.5 Å². The summed E-state index contributed by atoms with van der Waals surface area (Å²) in [6.07, 6.45) is 0. The van der Waals surface area contributed by atoms with Crippen molar-refractivity contribution in [2.45, 2.75) is 0 Å². The molecule has 1 saturated heterocycles. The van der Waals surface area contributed by atoms with Gasteiger partial charge in [-0.05, 0) is 6.07 Å². The Morgan fingerprint density at radius 1 is 1.17 bits per heavy atom. The Balaban J connectivity index is 2.20. The third-order valence-electron chi connectivity index (χ3n) is 3.18. The summed E-state index contributed by atoms with van der Waals surface area (Å²) in [4.78, 5) is 2.21. The number of aromatic nitrogens is 2. The van der Waals surface area contributed by atoms with Crippen LogP contribution in [0.2, 0.25) is 0 Å². The maximum Gasteiger partial charge on any atom is 0.187 e. The number of nitrogens with one attached hydrogen (secondary N) is 1. The lowest BCUT2D eigenvalue weighted by molar-refractivity contribution is 0.589. The SMILES string of the molecule is N#Cc1nnc2ccccc2c1N1CCNCC1. The van der Waals surface area contributed by atoms with Crippen molar-refractivity contribution >= 4 is 16.6 Å². The van der Waals surface area contributed by atoms with Crippen LogP contribution in [0.5, 0.6) is 0 Å². The Hall–Kier alpha value is -2.19. The molecule has 3 rings (SSSR count). The normalized spacial score (nSPS) is 15.6. The fourth-order valence-corrected chi connectivity index (χ4v) is 2.32. The Labute approximate surface area is 105 Å². The van der Waals surface area contributed by atoms with Gasteiger partial charge in [-0.1, -0.05) is 18.2 Å². The second kappa shape index (κ2) is 4.59. The molecule has 1 aliphatic rings. The molecule has 5 nitrogen and oxygen atoms in total. The molecule has 5 heteroatoms. The lowest BCUT2D eigenvalue weighted by Gasteiger charge is -2.30. The van der Waals surface area contributed by atoms with Crippen LogP contribution in [0, 0.1) is 11.3 Å². The van der Waals surface area contributed by atoms with Gasteiger partial charge in [0.05, 0.1) is 11.2 Å². The molecular formula is C13H13N5. The van der Waals surface area contributed by atoms with Crippen molar-refractivity contribution in [1.29, 1.82) is 5.26 Å². The van der Waals surface area contributed by atoms with Gasteiger partial charge in [-0.15, -0.1) is 10.2 Å². The minimum Gasteiger partial charge on any atom is -0.366 e. The van der Waals surface area contributed by atoms with E-state index in [0.717, 1.165) is 42.8 Å². The van der Waals surface area contributed by atoms with Crippen molar-refractivity contribution in [2.75, 3.05) is 31.1 Å². The molecule has 0 saturated carbocycles.